The number of ether oxygens (including phenoxy) is 1. The average Bonchev–Trinajstić information content (AvgIpc) is 2.76. The van der Waals surface area contributed by atoms with Crippen molar-refractivity contribution in [3.63, 3.8) is 0 Å². The quantitative estimate of drug-likeness (QED) is 0.767. The summed E-state index contributed by atoms with van der Waals surface area (Å²) in [5.74, 6) is -0.365. The third kappa shape index (κ3) is 2.77. The first-order valence-electron chi connectivity index (χ1n) is 5.39. The van der Waals surface area contributed by atoms with Crippen LogP contribution in [-0.4, -0.2) is 37.1 Å². The van der Waals surface area contributed by atoms with Crippen LogP contribution in [0.5, 0.6) is 0 Å². The summed E-state index contributed by atoms with van der Waals surface area (Å²) in [5.41, 5.74) is 0.559. The first-order valence-corrected chi connectivity index (χ1v) is 6.47. The van der Waals surface area contributed by atoms with Gasteiger partial charge in [0, 0.05) is 23.8 Å². The monoisotopic (exact) mass is 349 g/mol. The van der Waals surface area contributed by atoms with E-state index < -0.39 is 0 Å². The van der Waals surface area contributed by atoms with Crippen molar-refractivity contribution in [2.24, 2.45) is 0 Å². The molecule has 1 aliphatic rings. The highest BCUT2D eigenvalue weighted by Crippen LogP contribution is 2.19. The lowest BCUT2D eigenvalue weighted by Gasteiger charge is -2.17. The molecule has 0 saturated carbocycles. The maximum absolute atomic E-state index is 13.0. The lowest BCUT2D eigenvalue weighted by Crippen LogP contribution is -2.30. The average molecular weight is 349 g/mol. The van der Waals surface area contributed by atoms with E-state index in [9.17, 15) is 9.18 Å². The molecule has 0 aromatic heterocycles. The molecule has 2 rings (SSSR count). The first kappa shape index (κ1) is 12.8. The summed E-state index contributed by atoms with van der Waals surface area (Å²) in [6, 6.07) is 4.23. The highest BCUT2D eigenvalue weighted by atomic mass is 127. The Morgan fingerprint density at radius 1 is 1.59 bits per heavy atom. The normalized spacial score (nSPS) is 19.7. The molecular formula is C12H13FINO2. The molecule has 1 aliphatic heterocycles. The van der Waals surface area contributed by atoms with Crippen LogP contribution < -0.4 is 0 Å². The van der Waals surface area contributed by atoms with Crippen LogP contribution in [0.2, 0.25) is 0 Å². The second-order valence-corrected chi connectivity index (χ2v) is 5.18. The Labute approximate surface area is 113 Å². The van der Waals surface area contributed by atoms with Gasteiger partial charge in [-0.15, -0.1) is 0 Å². The van der Waals surface area contributed by atoms with E-state index in [2.05, 4.69) is 0 Å². The predicted molar refractivity (Wildman–Crippen MR) is 70.4 cm³/mol. The number of methoxy groups -OCH3 is 1. The Hall–Kier alpha value is -0.690. The molecule has 1 heterocycles. The van der Waals surface area contributed by atoms with Crippen LogP contribution >= 0.6 is 22.6 Å². The van der Waals surface area contributed by atoms with E-state index in [4.69, 9.17) is 4.74 Å². The summed E-state index contributed by atoms with van der Waals surface area (Å²) >= 11 is 1.98. The smallest absolute Gasteiger partial charge is 0.255 e. The first-order chi connectivity index (χ1) is 8.11. The molecule has 0 N–H and O–H groups in total. The van der Waals surface area contributed by atoms with Gasteiger partial charge in [-0.25, -0.2) is 4.39 Å². The summed E-state index contributed by atoms with van der Waals surface area (Å²) in [6.07, 6.45) is 0.983. The van der Waals surface area contributed by atoms with Gasteiger partial charge in [-0.3, -0.25) is 4.79 Å². The van der Waals surface area contributed by atoms with Crippen molar-refractivity contribution in [2.75, 3.05) is 20.2 Å². The zero-order chi connectivity index (χ0) is 12.4. The van der Waals surface area contributed by atoms with Crippen molar-refractivity contribution in [3.05, 3.63) is 33.1 Å². The van der Waals surface area contributed by atoms with Crippen molar-refractivity contribution in [1.82, 2.24) is 4.90 Å². The number of likely N-dealkylation sites (tertiary alicyclic amines) is 1. The minimum absolute atomic E-state index is 0.0473. The zero-order valence-electron chi connectivity index (χ0n) is 9.45. The summed E-state index contributed by atoms with van der Waals surface area (Å²) in [4.78, 5) is 13.9. The fraction of sp³-hybridized carbons (Fsp3) is 0.417. The molecule has 0 aliphatic carbocycles. The van der Waals surface area contributed by atoms with Gasteiger partial charge in [-0.2, -0.15) is 0 Å². The lowest BCUT2D eigenvalue weighted by atomic mass is 10.2. The van der Waals surface area contributed by atoms with Crippen molar-refractivity contribution >= 4 is 28.5 Å². The molecule has 1 unspecified atom stereocenters. The molecule has 1 amide bonds. The second-order valence-electron chi connectivity index (χ2n) is 4.02. The Morgan fingerprint density at radius 3 is 2.94 bits per heavy atom. The van der Waals surface area contributed by atoms with E-state index in [1.54, 1.807) is 18.1 Å². The highest BCUT2D eigenvalue weighted by molar-refractivity contribution is 14.1. The SMILES string of the molecule is COC1CCN(C(=O)c2ccc(F)cc2I)C1. The summed E-state index contributed by atoms with van der Waals surface area (Å²) in [5, 5.41) is 0. The number of rotatable bonds is 2. The number of hydrogen-bond donors (Lipinski definition) is 0. The van der Waals surface area contributed by atoms with Gasteiger partial charge in [0.1, 0.15) is 5.82 Å². The molecule has 3 nitrogen and oxygen atoms in total. The summed E-state index contributed by atoms with van der Waals surface area (Å²) < 4.78 is 18.8. The number of carbonyl (C=O) groups excluding carboxylic acids is 1. The van der Waals surface area contributed by atoms with Crippen LogP contribution in [0.3, 0.4) is 0 Å². The minimum Gasteiger partial charge on any atom is -0.380 e. The number of hydrogen-bond acceptors (Lipinski definition) is 2. The van der Waals surface area contributed by atoms with E-state index in [1.807, 2.05) is 22.6 Å². The van der Waals surface area contributed by atoms with Crippen LogP contribution in [0, 0.1) is 9.39 Å². The maximum Gasteiger partial charge on any atom is 0.255 e. The maximum atomic E-state index is 13.0. The predicted octanol–water partition coefficient (Wildman–Crippen LogP) is 2.29. The van der Waals surface area contributed by atoms with Crippen molar-refractivity contribution in [2.45, 2.75) is 12.5 Å². The van der Waals surface area contributed by atoms with E-state index in [-0.39, 0.29) is 17.8 Å². The van der Waals surface area contributed by atoms with E-state index in [1.165, 1.54) is 12.1 Å². The standard InChI is InChI=1S/C12H13FINO2/c1-17-9-4-5-15(7-9)12(16)10-3-2-8(13)6-11(10)14/h2-3,6,9H,4-5,7H2,1H3. The molecule has 0 radical (unpaired) electrons. The van der Waals surface area contributed by atoms with Crippen LogP contribution in [0.15, 0.2) is 18.2 Å². The zero-order valence-corrected chi connectivity index (χ0v) is 11.6. The van der Waals surface area contributed by atoms with Crippen molar-refractivity contribution < 1.29 is 13.9 Å². The van der Waals surface area contributed by atoms with Gasteiger partial charge in [0.25, 0.3) is 5.91 Å². The van der Waals surface area contributed by atoms with Crippen LogP contribution in [-0.2, 0) is 4.74 Å². The van der Waals surface area contributed by atoms with Gasteiger partial charge in [0.05, 0.1) is 11.7 Å². The van der Waals surface area contributed by atoms with Gasteiger partial charge in [-0.05, 0) is 47.2 Å². The number of carbonyl (C=O) groups is 1. The lowest BCUT2D eigenvalue weighted by molar-refractivity contribution is 0.0723. The fourth-order valence-corrected chi connectivity index (χ4v) is 2.65. The molecule has 92 valence electrons. The number of benzene rings is 1. The minimum atomic E-state index is -0.317. The third-order valence-corrected chi connectivity index (χ3v) is 3.82. The van der Waals surface area contributed by atoms with Gasteiger partial charge in [0.15, 0.2) is 0 Å². The summed E-state index contributed by atoms with van der Waals surface area (Å²) in [7, 11) is 1.65. The molecule has 0 bridgehead atoms. The fourth-order valence-electron chi connectivity index (χ4n) is 1.94. The number of halogens is 2. The van der Waals surface area contributed by atoms with Gasteiger partial charge in [0.2, 0.25) is 0 Å². The third-order valence-electron chi connectivity index (χ3n) is 2.93. The molecule has 1 aromatic rings. The largest absolute Gasteiger partial charge is 0.380 e. The van der Waals surface area contributed by atoms with Crippen molar-refractivity contribution in [3.8, 4) is 0 Å². The molecule has 1 aromatic carbocycles. The molecular weight excluding hydrogens is 336 g/mol. The van der Waals surface area contributed by atoms with E-state index in [0.29, 0.717) is 22.2 Å². The number of nitrogens with zero attached hydrogens (tertiary/aromatic N) is 1. The molecule has 0 spiro atoms. The molecule has 1 saturated heterocycles. The van der Waals surface area contributed by atoms with Gasteiger partial charge in [-0.1, -0.05) is 0 Å². The molecule has 17 heavy (non-hydrogen) atoms. The Kier molecular flexibility index (Phi) is 3.98. The van der Waals surface area contributed by atoms with Crippen LogP contribution in [0.1, 0.15) is 16.8 Å². The van der Waals surface area contributed by atoms with Gasteiger partial charge >= 0.3 is 0 Å². The number of amides is 1. The second kappa shape index (κ2) is 5.30. The summed E-state index contributed by atoms with van der Waals surface area (Å²) in [6.45, 7) is 1.31. The molecule has 5 heteroatoms. The Balaban J connectivity index is 2.15. The van der Waals surface area contributed by atoms with Crippen LogP contribution in [0.4, 0.5) is 4.39 Å². The Bertz CT molecular complexity index is 439. The Morgan fingerprint density at radius 2 is 2.35 bits per heavy atom. The van der Waals surface area contributed by atoms with E-state index in [0.717, 1.165) is 6.42 Å². The van der Waals surface area contributed by atoms with E-state index >= 15 is 0 Å². The van der Waals surface area contributed by atoms with Crippen molar-refractivity contribution in [1.29, 1.82) is 0 Å². The van der Waals surface area contributed by atoms with Gasteiger partial charge < -0.3 is 9.64 Å². The molecule has 1 fully saturated rings. The highest BCUT2D eigenvalue weighted by Gasteiger charge is 2.27. The van der Waals surface area contributed by atoms with Crippen LogP contribution in [0.25, 0.3) is 0 Å². The topological polar surface area (TPSA) is 29.5 Å². The molecule has 1 atom stereocenters.